The molecule has 0 radical (unpaired) electrons. The number of furan rings is 1. The third-order valence-corrected chi connectivity index (χ3v) is 4.33. The number of halogens is 2. The van der Waals surface area contributed by atoms with Crippen molar-refractivity contribution in [1.82, 2.24) is 0 Å². The molecule has 0 saturated heterocycles. The van der Waals surface area contributed by atoms with Gasteiger partial charge in [-0.2, -0.15) is 0 Å². The number of benzene rings is 2. The lowest BCUT2D eigenvalue weighted by Gasteiger charge is -2.13. The molecule has 1 unspecified atom stereocenters. The van der Waals surface area contributed by atoms with Crippen LogP contribution in [0.25, 0.3) is 10.8 Å². The lowest BCUT2D eigenvalue weighted by atomic mass is 9.98. The maximum Gasteiger partial charge on any atom is 0.106 e. The second-order valence-corrected chi connectivity index (χ2v) is 5.76. The predicted molar refractivity (Wildman–Crippen MR) is 84.8 cm³/mol. The average Bonchev–Trinajstić information content (AvgIpc) is 2.78. The van der Waals surface area contributed by atoms with Crippen LogP contribution in [0.3, 0.4) is 0 Å². The van der Waals surface area contributed by atoms with Gasteiger partial charge < -0.3 is 4.42 Å². The normalized spacial score (nSPS) is 12.8. The Labute approximate surface area is 128 Å². The van der Waals surface area contributed by atoms with Crippen LogP contribution in [0.2, 0.25) is 5.02 Å². The summed E-state index contributed by atoms with van der Waals surface area (Å²) < 4.78 is 5.58. The summed E-state index contributed by atoms with van der Waals surface area (Å²) in [6, 6.07) is 13.9. The standard InChI is InChI=1S/C17H14Cl2O/c1-10-9-15(11(2)20-10)17(19)14-7-8-16(18)13-6-4-3-5-12(13)14/h3-9,17H,1-2H3. The summed E-state index contributed by atoms with van der Waals surface area (Å²) in [5.41, 5.74) is 2.06. The maximum absolute atomic E-state index is 6.68. The predicted octanol–water partition coefficient (Wildman–Crippen LogP) is 6.03. The lowest BCUT2D eigenvalue weighted by molar-refractivity contribution is 0.501. The molecule has 102 valence electrons. The number of alkyl halides is 1. The van der Waals surface area contributed by atoms with E-state index in [2.05, 4.69) is 0 Å². The summed E-state index contributed by atoms with van der Waals surface area (Å²) in [6.45, 7) is 3.87. The fourth-order valence-corrected chi connectivity index (χ4v) is 3.21. The molecule has 0 amide bonds. The van der Waals surface area contributed by atoms with Crippen LogP contribution in [0, 0.1) is 13.8 Å². The number of rotatable bonds is 2. The van der Waals surface area contributed by atoms with E-state index in [4.69, 9.17) is 27.6 Å². The molecule has 3 heteroatoms. The van der Waals surface area contributed by atoms with Crippen LogP contribution >= 0.6 is 23.2 Å². The zero-order valence-corrected chi connectivity index (χ0v) is 12.8. The molecule has 3 aromatic rings. The Morgan fingerprint density at radius 1 is 0.950 bits per heavy atom. The van der Waals surface area contributed by atoms with Gasteiger partial charge in [-0.05, 0) is 36.9 Å². The Morgan fingerprint density at radius 3 is 2.30 bits per heavy atom. The minimum absolute atomic E-state index is 0.241. The summed E-state index contributed by atoms with van der Waals surface area (Å²) in [7, 11) is 0. The van der Waals surface area contributed by atoms with E-state index in [1.165, 1.54) is 0 Å². The van der Waals surface area contributed by atoms with Crippen LogP contribution in [0.5, 0.6) is 0 Å². The van der Waals surface area contributed by atoms with Gasteiger partial charge in [0.05, 0.1) is 5.38 Å². The molecule has 2 aromatic carbocycles. The minimum Gasteiger partial charge on any atom is -0.466 e. The highest BCUT2D eigenvalue weighted by molar-refractivity contribution is 6.36. The van der Waals surface area contributed by atoms with Crippen LogP contribution in [0.1, 0.15) is 28.0 Å². The monoisotopic (exact) mass is 304 g/mol. The van der Waals surface area contributed by atoms with Gasteiger partial charge in [0.1, 0.15) is 11.5 Å². The molecule has 0 aliphatic rings. The van der Waals surface area contributed by atoms with Crippen molar-refractivity contribution in [2.24, 2.45) is 0 Å². The minimum atomic E-state index is -0.241. The van der Waals surface area contributed by atoms with Gasteiger partial charge >= 0.3 is 0 Å². The first-order valence-corrected chi connectivity index (χ1v) is 7.27. The van der Waals surface area contributed by atoms with E-state index >= 15 is 0 Å². The molecule has 0 aliphatic heterocycles. The second kappa shape index (κ2) is 5.16. The van der Waals surface area contributed by atoms with E-state index < -0.39 is 0 Å². The van der Waals surface area contributed by atoms with Crippen molar-refractivity contribution in [3.63, 3.8) is 0 Å². The third kappa shape index (κ3) is 2.21. The largest absolute Gasteiger partial charge is 0.466 e. The average molecular weight is 305 g/mol. The molecule has 0 fully saturated rings. The molecule has 1 heterocycles. The molecule has 1 atom stereocenters. The third-order valence-electron chi connectivity index (χ3n) is 3.53. The van der Waals surface area contributed by atoms with Crippen molar-refractivity contribution in [2.45, 2.75) is 19.2 Å². The Kier molecular flexibility index (Phi) is 3.49. The summed E-state index contributed by atoms with van der Waals surface area (Å²) in [5.74, 6) is 1.74. The number of hydrogen-bond acceptors (Lipinski definition) is 1. The summed E-state index contributed by atoms with van der Waals surface area (Å²) >= 11 is 12.9. The molecular formula is C17H14Cl2O. The first kappa shape index (κ1) is 13.5. The van der Waals surface area contributed by atoms with Crippen molar-refractivity contribution in [3.8, 4) is 0 Å². The highest BCUT2D eigenvalue weighted by Crippen LogP contribution is 2.38. The van der Waals surface area contributed by atoms with Crippen LogP contribution in [-0.4, -0.2) is 0 Å². The second-order valence-electron chi connectivity index (χ2n) is 4.91. The molecule has 0 bridgehead atoms. The van der Waals surface area contributed by atoms with E-state index in [0.29, 0.717) is 0 Å². The van der Waals surface area contributed by atoms with Crippen molar-refractivity contribution in [2.75, 3.05) is 0 Å². The fourth-order valence-electron chi connectivity index (χ4n) is 2.58. The Hall–Kier alpha value is -1.44. The number of aryl methyl sites for hydroxylation is 2. The van der Waals surface area contributed by atoms with Crippen molar-refractivity contribution in [3.05, 3.63) is 70.1 Å². The Bertz CT molecular complexity index is 774. The van der Waals surface area contributed by atoms with Gasteiger partial charge in [-0.25, -0.2) is 0 Å². The summed E-state index contributed by atoms with van der Waals surface area (Å²) in [6.07, 6.45) is 0. The first-order valence-electron chi connectivity index (χ1n) is 6.46. The lowest BCUT2D eigenvalue weighted by Crippen LogP contribution is -1.95. The highest BCUT2D eigenvalue weighted by Gasteiger charge is 2.19. The Morgan fingerprint density at radius 2 is 1.65 bits per heavy atom. The van der Waals surface area contributed by atoms with Gasteiger partial charge in [-0.15, -0.1) is 11.6 Å². The smallest absolute Gasteiger partial charge is 0.106 e. The van der Waals surface area contributed by atoms with Gasteiger partial charge in [0.15, 0.2) is 0 Å². The van der Waals surface area contributed by atoms with Gasteiger partial charge in [-0.1, -0.05) is 41.9 Å². The zero-order valence-electron chi connectivity index (χ0n) is 11.3. The molecule has 0 saturated carbocycles. The van der Waals surface area contributed by atoms with Gasteiger partial charge in [0, 0.05) is 16.0 Å². The first-order chi connectivity index (χ1) is 9.58. The highest BCUT2D eigenvalue weighted by atomic mass is 35.5. The van der Waals surface area contributed by atoms with E-state index in [1.807, 2.05) is 56.3 Å². The van der Waals surface area contributed by atoms with E-state index in [-0.39, 0.29) is 5.38 Å². The SMILES string of the molecule is Cc1cc(C(Cl)c2ccc(Cl)c3ccccc23)c(C)o1. The maximum atomic E-state index is 6.68. The van der Waals surface area contributed by atoms with Crippen LogP contribution in [-0.2, 0) is 0 Å². The molecule has 1 aromatic heterocycles. The summed E-state index contributed by atoms with van der Waals surface area (Å²) in [5, 5.41) is 2.61. The van der Waals surface area contributed by atoms with Crippen molar-refractivity contribution < 1.29 is 4.42 Å². The van der Waals surface area contributed by atoms with Gasteiger partial charge in [-0.3, -0.25) is 0 Å². The van der Waals surface area contributed by atoms with Crippen LogP contribution in [0.15, 0.2) is 46.9 Å². The van der Waals surface area contributed by atoms with Gasteiger partial charge in [0.2, 0.25) is 0 Å². The summed E-state index contributed by atoms with van der Waals surface area (Å²) in [4.78, 5) is 0. The molecular weight excluding hydrogens is 291 g/mol. The molecule has 0 spiro atoms. The molecule has 1 nitrogen and oxygen atoms in total. The molecule has 3 rings (SSSR count). The van der Waals surface area contributed by atoms with Crippen LogP contribution < -0.4 is 0 Å². The van der Waals surface area contributed by atoms with Crippen molar-refractivity contribution in [1.29, 1.82) is 0 Å². The van der Waals surface area contributed by atoms with E-state index in [1.54, 1.807) is 0 Å². The number of fused-ring (bicyclic) bond motifs is 1. The molecule has 0 aliphatic carbocycles. The fraction of sp³-hybridized carbons (Fsp3) is 0.176. The van der Waals surface area contributed by atoms with Crippen molar-refractivity contribution >= 4 is 34.0 Å². The molecule has 0 N–H and O–H groups in total. The Balaban J connectivity index is 2.20. The number of hydrogen-bond donors (Lipinski definition) is 0. The molecule has 20 heavy (non-hydrogen) atoms. The zero-order chi connectivity index (χ0) is 14.3. The van der Waals surface area contributed by atoms with Crippen LogP contribution in [0.4, 0.5) is 0 Å². The van der Waals surface area contributed by atoms with Gasteiger partial charge in [0.25, 0.3) is 0 Å². The van der Waals surface area contributed by atoms with E-state index in [0.717, 1.165) is 38.4 Å². The topological polar surface area (TPSA) is 13.1 Å². The quantitative estimate of drug-likeness (QED) is 0.527. The van der Waals surface area contributed by atoms with E-state index in [9.17, 15) is 0 Å².